The lowest BCUT2D eigenvalue weighted by Gasteiger charge is -2.22. The first-order chi connectivity index (χ1) is 9.49. The summed E-state index contributed by atoms with van der Waals surface area (Å²) in [5, 5.41) is 9.04. The molecule has 2 rings (SSSR count). The lowest BCUT2D eigenvalue weighted by Crippen LogP contribution is -2.38. The van der Waals surface area contributed by atoms with Crippen LogP contribution in [-0.4, -0.2) is 40.9 Å². The van der Waals surface area contributed by atoms with Crippen molar-refractivity contribution in [2.24, 2.45) is 0 Å². The summed E-state index contributed by atoms with van der Waals surface area (Å²) in [5.41, 5.74) is 0.388. The van der Waals surface area contributed by atoms with E-state index in [2.05, 4.69) is 0 Å². The molecule has 1 saturated carbocycles. The van der Waals surface area contributed by atoms with Gasteiger partial charge in [-0.15, -0.1) is 0 Å². The molecule has 1 N–H and O–H groups in total. The third-order valence-electron chi connectivity index (χ3n) is 3.23. The van der Waals surface area contributed by atoms with Crippen LogP contribution in [0.3, 0.4) is 0 Å². The van der Waals surface area contributed by atoms with Crippen LogP contribution in [0.25, 0.3) is 0 Å². The van der Waals surface area contributed by atoms with Gasteiger partial charge < -0.3 is 10.0 Å². The van der Waals surface area contributed by atoms with Crippen molar-refractivity contribution >= 4 is 11.9 Å². The Kier molecular flexibility index (Phi) is 4.32. The second kappa shape index (κ2) is 5.98. The molecule has 0 spiro atoms. The molecule has 108 valence electrons. The number of carboxylic acids is 1. The van der Waals surface area contributed by atoms with E-state index in [0.717, 1.165) is 12.8 Å². The van der Waals surface area contributed by atoms with Crippen molar-refractivity contribution in [2.45, 2.75) is 31.7 Å². The number of hydrogen-bond donors (Lipinski definition) is 1. The van der Waals surface area contributed by atoms with Crippen LogP contribution in [0.1, 0.15) is 28.8 Å². The van der Waals surface area contributed by atoms with E-state index in [4.69, 9.17) is 5.11 Å². The fourth-order valence-electron chi connectivity index (χ4n) is 2.14. The molecule has 1 aromatic carbocycles. The first kappa shape index (κ1) is 14.4. The highest BCUT2D eigenvalue weighted by atomic mass is 19.3. The summed E-state index contributed by atoms with van der Waals surface area (Å²) in [5.74, 6) is -1.57. The summed E-state index contributed by atoms with van der Waals surface area (Å²) < 4.78 is 25.0. The van der Waals surface area contributed by atoms with Crippen molar-refractivity contribution in [2.75, 3.05) is 6.54 Å². The summed E-state index contributed by atoms with van der Waals surface area (Å²) in [6, 6.07) is 6.02. The van der Waals surface area contributed by atoms with E-state index in [1.165, 1.54) is 17.0 Å². The highest BCUT2D eigenvalue weighted by Crippen LogP contribution is 2.28. The number of hydrogen-bond acceptors (Lipinski definition) is 2. The van der Waals surface area contributed by atoms with Crippen LogP contribution in [-0.2, 0) is 11.2 Å². The van der Waals surface area contributed by atoms with Crippen LogP contribution >= 0.6 is 0 Å². The summed E-state index contributed by atoms with van der Waals surface area (Å²) >= 11 is 0. The molecule has 6 heteroatoms. The summed E-state index contributed by atoms with van der Waals surface area (Å²) in [6.45, 7) is -0.585. The molecule has 0 bridgehead atoms. The van der Waals surface area contributed by atoms with Gasteiger partial charge in [0.15, 0.2) is 0 Å². The Labute approximate surface area is 115 Å². The molecule has 0 unspecified atom stereocenters. The van der Waals surface area contributed by atoms with Crippen LogP contribution in [0.5, 0.6) is 0 Å². The first-order valence-electron chi connectivity index (χ1n) is 6.38. The van der Waals surface area contributed by atoms with Gasteiger partial charge in [0.25, 0.3) is 6.43 Å². The molecule has 0 aromatic heterocycles. The van der Waals surface area contributed by atoms with Crippen LogP contribution in [0.15, 0.2) is 24.3 Å². The Hall–Kier alpha value is -1.98. The molecule has 0 radical (unpaired) electrons. The Bertz CT molecular complexity index is 515. The van der Waals surface area contributed by atoms with Crippen molar-refractivity contribution < 1.29 is 23.5 Å². The third-order valence-corrected chi connectivity index (χ3v) is 3.23. The quantitative estimate of drug-likeness (QED) is 0.870. The van der Waals surface area contributed by atoms with Gasteiger partial charge in [-0.1, -0.05) is 18.2 Å². The number of amides is 1. The summed E-state index contributed by atoms with van der Waals surface area (Å²) in [4.78, 5) is 24.3. The van der Waals surface area contributed by atoms with Crippen LogP contribution in [0.2, 0.25) is 0 Å². The fraction of sp³-hybridized carbons (Fsp3) is 0.429. The highest BCUT2D eigenvalue weighted by Gasteiger charge is 2.34. The maximum atomic E-state index is 12.5. The number of alkyl halides is 2. The SMILES string of the molecule is O=C(O)c1ccccc1CC(=O)N(CC(F)F)C1CC1. The predicted molar refractivity (Wildman–Crippen MR) is 67.8 cm³/mol. The van der Waals surface area contributed by atoms with Gasteiger partial charge in [-0.05, 0) is 24.5 Å². The van der Waals surface area contributed by atoms with Crippen molar-refractivity contribution in [3.05, 3.63) is 35.4 Å². The monoisotopic (exact) mass is 283 g/mol. The van der Waals surface area contributed by atoms with E-state index in [0.29, 0.717) is 5.56 Å². The largest absolute Gasteiger partial charge is 0.478 e. The molecule has 1 amide bonds. The lowest BCUT2D eigenvalue weighted by atomic mass is 10.0. The fourth-order valence-corrected chi connectivity index (χ4v) is 2.14. The standard InChI is InChI=1S/C14H15F2NO3/c15-12(16)8-17(10-5-6-10)13(18)7-9-3-1-2-4-11(9)14(19)20/h1-4,10,12H,5-8H2,(H,19,20). The molecule has 0 aliphatic heterocycles. The second-order valence-electron chi connectivity index (χ2n) is 4.81. The maximum Gasteiger partial charge on any atom is 0.335 e. The zero-order valence-corrected chi connectivity index (χ0v) is 10.8. The smallest absolute Gasteiger partial charge is 0.335 e. The minimum Gasteiger partial charge on any atom is -0.478 e. The van der Waals surface area contributed by atoms with Gasteiger partial charge in [-0.25, -0.2) is 13.6 Å². The zero-order chi connectivity index (χ0) is 14.7. The van der Waals surface area contributed by atoms with Crippen molar-refractivity contribution in [3.63, 3.8) is 0 Å². The topological polar surface area (TPSA) is 57.6 Å². The predicted octanol–water partition coefficient (Wildman–Crippen LogP) is 2.18. The van der Waals surface area contributed by atoms with Crippen LogP contribution < -0.4 is 0 Å². The van der Waals surface area contributed by atoms with Crippen LogP contribution in [0.4, 0.5) is 8.78 Å². The minimum absolute atomic E-state index is 0.0358. The first-order valence-corrected chi connectivity index (χ1v) is 6.38. The van der Waals surface area contributed by atoms with E-state index in [1.54, 1.807) is 12.1 Å². The Balaban J connectivity index is 2.12. The van der Waals surface area contributed by atoms with Crippen LogP contribution in [0, 0.1) is 0 Å². The molecule has 4 nitrogen and oxygen atoms in total. The number of carbonyl (C=O) groups excluding carboxylic acids is 1. The van der Waals surface area contributed by atoms with Gasteiger partial charge in [-0.2, -0.15) is 0 Å². The molecular formula is C14H15F2NO3. The number of aromatic carboxylic acids is 1. The summed E-state index contributed by atoms with van der Waals surface area (Å²) in [7, 11) is 0. The highest BCUT2D eigenvalue weighted by molar-refractivity contribution is 5.91. The molecule has 1 fully saturated rings. The molecule has 0 atom stereocenters. The normalized spacial score (nSPS) is 14.3. The van der Waals surface area contributed by atoms with Gasteiger partial charge in [0.1, 0.15) is 0 Å². The van der Waals surface area contributed by atoms with E-state index >= 15 is 0 Å². The number of halogens is 2. The molecule has 1 aromatic rings. The molecule has 20 heavy (non-hydrogen) atoms. The number of benzene rings is 1. The number of carboxylic acid groups (broad SMARTS) is 1. The van der Waals surface area contributed by atoms with Gasteiger partial charge in [-0.3, -0.25) is 4.79 Å². The van der Waals surface area contributed by atoms with E-state index < -0.39 is 24.8 Å². The zero-order valence-electron chi connectivity index (χ0n) is 10.8. The van der Waals surface area contributed by atoms with Gasteiger partial charge in [0.05, 0.1) is 18.5 Å². The van der Waals surface area contributed by atoms with Crippen molar-refractivity contribution in [1.82, 2.24) is 4.90 Å². The van der Waals surface area contributed by atoms with E-state index in [-0.39, 0.29) is 18.0 Å². The van der Waals surface area contributed by atoms with E-state index in [1.807, 2.05) is 0 Å². The Morgan fingerprint density at radius 1 is 1.30 bits per heavy atom. The lowest BCUT2D eigenvalue weighted by molar-refractivity contribution is -0.133. The second-order valence-corrected chi connectivity index (χ2v) is 4.81. The average molecular weight is 283 g/mol. The number of carbonyl (C=O) groups is 2. The number of nitrogens with zero attached hydrogens (tertiary/aromatic N) is 1. The Morgan fingerprint density at radius 2 is 1.95 bits per heavy atom. The Morgan fingerprint density at radius 3 is 2.50 bits per heavy atom. The summed E-state index contributed by atoms with van der Waals surface area (Å²) in [6.07, 6.45) is -1.27. The van der Waals surface area contributed by atoms with E-state index in [9.17, 15) is 18.4 Å². The average Bonchev–Trinajstić information content (AvgIpc) is 3.20. The van der Waals surface area contributed by atoms with Gasteiger partial charge in [0.2, 0.25) is 5.91 Å². The van der Waals surface area contributed by atoms with Crippen molar-refractivity contribution in [1.29, 1.82) is 0 Å². The van der Waals surface area contributed by atoms with Gasteiger partial charge >= 0.3 is 5.97 Å². The van der Waals surface area contributed by atoms with Crippen molar-refractivity contribution in [3.8, 4) is 0 Å². The number of rotatable bonds is 6. The third kappa shape index (κ3) is 3.53. The molecule has 1 aliphatic carbocycles. The minimum atomic E-state index is -2.57. The molecular weight excluding hydrogens is 268 g/mol. The molecule has 0 saturated heterocycles. The molecule has 1 aliphatic rings. The molecule has 0 heterocycles. The maximum absolute atomic E-state index is 12.5. The van der Waals surface area contributed by atoms with Gasteiger partial charge in [0, 0.05) is 6.04 Å².